The van der Waals surface area contributed by atoms with E-state index < -0.39 is 26.7 Å². The molecule has 0 heterocycles. The van der Waals surface area contributed by atoms with E-state index in [2.05, 4.69) is 47.8 Å². The van der Waals surface area contributed by atoms with Crippen LogP contribution in [-0.4, -0.2) is 72.9 Å². The predicted octanol–water partition coefficient (Wildman–Crippen LogP) is 6.71. The maximum atomic E-state index is 13.2. The molecule has 1 unspecified atom stereocenters. The van der Waals surface area contributed by atoms with Crippen molar-refractivity contribution < 1.29 is 42.7 Å². The van der Waals surface area contributed by atoms with Gasteiger partial charge in [-0.05, 0) is 67.3 Å². The van der Waals surface area contributed by atoms with Crippen LogP contribution in [0.1, 0.15) is 70.9 Å². The number of ether oxygens (including phenoxy) is 2. The molecule has 13 nitrogen and oxygen atoms in total. The van der Waals surface area contributed by atoms with Crippen LogP contribution >= 0.6 is 7.82 Å². The third-order valence-corrected chi connectivity index (χ3v) is 7.60. The van der Waals surface area contributed by atoms with Crippen LogP contribution < -0.4 is 15.5 Å². The van der Waals surface area contributed by atoms with Crippen molar-refractivity contribution >= 4 is 43.0 Å². The maximum absolute atomic E-state index is 13.2. The monoisotopic (exact) mass is 678 g/mol. The lowest BCUT2D eigenvalue weighted by molar-refractivity contribution is -0.152. The second kappa shape index (κ2) is 19.2. The minimum atomic E-state index is -4.57. The molecule has 0 aromatic heterocycles. The number of phosphoric ester groups is 1. The average Bonchev–Trinajstić information content (AvgIpc) is 2.97. The van der Waals surface area contributed by atoms with Crippen molar-refractivity contribution in [3.05, 3.63) is 53.6 Å². The Bertz CT molecular complexity index is 1340. The summed E-state index contributed by atoms with van der Waals surface area (Å²) >= 11 is 0. The van der Waals surface area contributed by atoms with Crippen molar-refractivity contribution in [2.24, 2.45) is 11.8 Å². The lowest BCUT2D eigenvalue weighted by Crippen LogP contribution is -2.32. The van der Waals surface area contributed by atoms with E-state index in [-0.39, 0.29) is 37.9 Å². The average molecular weight is 679 g/mol. The summed E-state index contributed by atoms with van der Waals surface area (Å²) in [7, 11) is -3.13. The molecule has 2 aromatic rings. The number of hydrogen-bond donors (Lipinski definition) is 4. The predicted molar refractivity (Wildman–Crippen MR) is 182 cm³/mol. The number of amides is 3. The number of aryl methyl sites for hydroxylation is 1. The van der Waals surface area contributed by atoms with Crippen molar-refractivity contribution in [2.75, 3.05) is 55.6 Å². The van der Waals surface area contributed by atoms with Gasteiger partial charge in [-0.2, -0.15) is 0 Å². The number of carbonyl (C=O) groups excluding carboxylic acids is 3. The molecule has 0 saturated carbocycles. The van der Waals surface area contributed by atoms with Crippen LogP contribution in [0.25, 0.3) is 0 Å². The molecule has 14 heteroatoms. The Morgan fingerprint density at radius 3 is 2.15 bits per heavy atom. The molecule has 0 aliphatic carbocycles. The number of benzene rings is 2. The maximum Gasteiger partial charge on any atom is 0.469 e. The molecule has 0 saturated heterocycles. The minimum absolute atomic E-state index is 0.0274. The number of nitrogens with zero attached hydrogens (tertiary/aromatic N) is 2. The molecule has 4 N–H and O–H groups in total. The number of carbonyl (C=O) groups is 3. The number of phosphoric acid groups is 1. The van der Waals surface area contributed by atoms with E-state index in [0.717, 1.165) is 29.9 Å². The fourth-order valence-corrected chi connectivity index (χ4v) is 5.21. The van der Waals surface area contributed by atoms with Crippen LogP contribution in [0.2, 0.25) is 0 Å². The zero-order valence-corrected chi connectivity index (χ0v) is 29.4. The van der Waals surface area contributed by atoms with Crippen molar-refractivity contribution in [3.8, 4) is 0 Å². The van der Waals surface area contributed by atoms with Gasteiger partial charge in [0.05, 0.1) is 24.4 Å². The standard InChI is InChI=1S/C33H51N4O9P/c1-8-26(19-31(38)44-22-45-33(40)36(7)16-9-17-46-47(41,42)43)27-12-15-30(37(20-23(2)3)21-24(4)5)29(18-27)35-32(39)34-28-13-10-25(6)11-14-28/h10-15,18,23-24,26H,8-9,16-17,19-22H2,1-7H3,(H2,34,35,39)(H2,41,42,43). The van der Waals surface area contributed by atoms with Crippen LogP contribution in [0.15, 0.2) is 42.5 Å². The SMILES string of the molecule is CCC(CC(=O)OCOC(=O)N(C)CCCOP(=O)(O)O)c1ccc(N(CC(C)C)CC(C)C)c(NC(=O)Nc2ccc(C)cc2)c1. The molecule has 262 valence electrons. The first-order chi connectivity index (χ1) is 22.1. The van der Waals surface area contributed by atoms with Crippen molar-refractivity contribution in [3.63, 3.8) is 0 Å². The molecule has 47 heavy (non-hydrogen) atoms. The molecule has 0 aliphatic heterocycles. The molecular weight excluding hydrogens is 627 g/mol. The number of rotatable bonds is 18. The molecule has 0 aliphatic rings. The van der Waals surface area contributed by atoms with Gasteiger partial charge in [-0.3, -0.25) is 9.32 Å². The largest absolute Gasteiger partial charge is 0.469 e. The molecular formula is C33H51N4O9P. The summed E-state index contributed by atoms with van der Waals surface area (Å²) in [6, 6.07) is 13.0. The first-order valence-corrected chi connectivity index (χ1v) is 17.4. The second-order valence-electron chi connectivity index (χ2n) is 12.4. The molecule has 1 atom stereocenters. The van der Waals surface area contributed by atoms with Gasteiger partial charge in [0.15, 0.2) is 0 Å². The van der Waals surface area contributed by atoms with E-state index in [0.29, 0.717) is 29.6 Å². The number of urea groups is 1. The Labute approximate surface area is 278 Å². The van der Waals surface area contributed by atoms with Gasteiger partial charge in [-0.1, -0.05) is 58.4 Å². The van der Waals surface area contributed by atoms with E-state index in [9.17, 15) is 18.9 Å². The fraction of sp³-hybridized carbons (Fsp3) is 0.545. The summed E-state index contributed by atoms with van der Waals surface area (Å²) in [5, 5.41) is 5.93. The van der Waals surface area contributed by atoms with Gasteiger partial charge in [0.25, 0.3) is 0 Å². The molecule has 0 bridgehead atoms. The van der Waals surface area contributed by atoms with Crippen molar-refractivity contribution in [1.82, 2.24) is 4.90 Å². The van der Waals surface area contributed by atoms with E-state index in [4.69, 9.17) is 19.3 Å². The number of anilines is 3. The molecule has 0 fully saturated rings. The van der Waals surface area contributed by atoms with E-state index in [1.54, 1.807) is 0 Å². The third-order valence-electron chi connectivity index (χ3n) is 7.08. The van der Waals surface area contributed by atoms with Gasteiger partial charge in [0, 0.05) is 32.4 Å². The Morgan fingerprint density at radius 2 is 1.57 bits per heavy atom. The highest BCUT2D eigenvalue weighted by Gasteiger charge is 2.22. The summed E-state index contributed by atoms with van der Waals surface area (Å²) in [5.41, 5.74) is 4.12. The van der Waals surface area contributed by atoms with Gasteiger partial charge in [-0.25, -0.2) is 14.2 Å². The summed E-state index contributed by atoms with van der Waals surface area (Å²) < 4.78 is 25.3. The van der Waals surface area contributed by atoms with Gasteiger partial charge in [-0.15, -0.1) is 0 Å². The highest BCUT2D eigenvalue weighted by molar-refractivity contribution is 7.46. The van der Waals surface area contributed by atoms with Crippen LogP contribution in [0, 0.1) is 18.8 Å². The summed E-state index contributed by atoms with van der Waals surface area (Å²) in [6.45, 7) is 13.4. The number of hydrogen-bond acceptors (Lipinski definition) is 8. The topological polar surface area (TPSA) is 167 Å². The van der Waals surface area contributed by atoms with Gasteiger partial charge < -0.3 is 39.7 Å². The summed E-state index contributed by atoms with van der Waals surface area (Å²) in [6.07, 6.45) is 0.0536. The Kier molecular flexibility index (Phi) is 16.2. The lowest BCUT2D eigenvalue weighted by atomic mass is 9.92. The Hall–Kier alpha value is -3.64. The van der Waals surface area contributed by atoms with Gasteiger partial charge in [0.2, 0.25) is 6.79 Å². The Morgan fingerprint density at radius 1 is 0.936 bits per heavy atom. The first kappa shape index (κ1) is 39.5. The molecule has 2 rings (SSSR count). The quantitative estimate of drug-likeness (QED) is 0.0576. The fourth-order valence-electron chi connectivity index (χ4n) is 4.85. The van der Waals surface area contributed by atoms with Crippen LogP contribution in [0.4, 0.5) is 26.7 Å². The zero-order valence-electron chi connectivity index (χ0n) is 28.5. The third kappa shape index (κ3) is 15.2. The normalized spacial score (nSPS) is 12.1. The highest BCUT2D eigenvalue weighted by atomic mass is 31.2. The van der Waals surface area contributed by atoms with E-state index >= 15 is 0 Å². The minimum Gasteiger partial charge on any atom is -0.428 e. The van der Waals surface area contributed by atoms with Crippen molar-refractivity contribution in [2.45, 2.75) is 66.7 Å². The van der Waals surface area contributed by atoms with Gasteiger partial charge in [0.1, 0.15) is 0 Å². The van der Waals surface area contributed by atoms with Crippen LogP contribution in [0.5, 0.6) is 0 Å². The van der Waals surface area contributed by atoms with Crippen molar-refractivity contribution in [1.29, 1.82) is 0 Å². The zero-order chi connectivity index (χ0) is 35.1. The molecule has 3 amide bonds. The Balaban J connectivity index is 2.12. The molecule has 2 aromatic carbocycles. The summed E-state index contributed by atoms with van der Waals surface area (Å²) in [5.74, 6) is -0.0132. The van der Waals surface area contributed by atoms with Gasteiger partial charge >= 0.3 is 25.9 Å². The van der Waals surface area contributed by atoms with E-state index in [1.807, 2.05) is 56.3 Å². The second-order valence-corrected chi connectivity index (χ2v) is 13.6. The highest BCUT2D eigenvalue weighted by Crippen LogP contribution is 2.36. The van der Waals surface area contributed by atoms with Crippen LogP contribution in [0.3, 0.4) is 0 Å². The lowest BCUT2D eigenvalue weighted by Gasteiger charge is -2.31. The number of nitrogens with one attached hydrogen (secondary N) is 2. The molecule has 0 radical (unpaired) electrons. The summed E-state index contributed by atoms with van der Waals surface area (Å²) in [4.78, 5) is 59.0. The number of esters is 1. The van der Waals surface area contributed by atoms with Crippen LogP contribution in [-0.2, 0) is 23.4 Å². The smallest absolute Gasteiger partial charge is 0.428 e. The first-order valence-electron chi connectivity index (χ1n) is 15.8. The van der Waals surface area contributed by atoms with E-state index in [1.165, 1.54) is 11.9 Å². The molecule has 0 spiro atoms.